The minimum Gasteiger partial charge on any atom is -0.378 e. The summed E-state index contributed by atoms with van der Waals surface area (Å²) in [7, 11) is 1.65. The highest BCUT2D eigenvalue weighted by atomic mass is 32.1. The van der Waals surface area contributed by atoms with Crippen molar-refractivity contribution in [2.24, 2.45) is 0 Å². The lowest BCUT2D eigenvalue weighted by molar-refractivity contribution is 0.184. The molecule has 1 N–H and O–H groups in total. The largest absolute Gasteiger partial charge is 0.378 e. The molecule has 2 aromatic heterocycles. The molecule has 0 spiro atoms. The van der Waals surface area contributed by atoms with Gasteiger partial charge in [0, 0.05) is 12.5 Å². The number of hydrogen-bond acceptors (Lipinski definition) is 7. The van der Waals surface area contributed by atoms with Gasteiger partial charge in [0.15, 0.2) is 5.82 Å². The van der Waals surface area contributed by atoms with E-state index in [1.54, 1.807) is 25.4 Å². The van der Waals surface area contributed by atoms with Crippen molar-refractivity contribution in [1.29, 1.82) is 0 Å². The van der Waals surface area contributed by atoms with Gasteiger partial charge in [0.25, 0.3) is 0 Å². The van der Waals surface area contributed by atoms with Crippen molar-refractivity contribution >= 4 is 17.4 Å². The first-order valence-electron chi connectivity index (χ1n) is 4.74. The molecule has 0 saturated carbocycles. The van der Waals surface area contributed by atoms with E-state index in [4.69, 9.17) is 9.26 Å². The molecule has 0 atom stereocenters. The standard InChI is InChI=1S/C9H12N4O2S/c1-6-11-9(15-13-6)10-3-7-5-16-8(12-7)4-14-2/h5H,3-4H2,1-2H3,(H,10,11,13). The summed E-state index contributed by atoms with van der Waals surface area (Å²) in [6.07, 6.45) is 0. The van der Waals surface area contributed by atoms with Crippen molar-refractivity contribution in [3.8, 4) is 0 Å². The van der Waals surface area contributed by atoms with Crippen molar-refractivity contribution in [2.45, 2.75) is 20.1 Å². The zero-order valence-electron chi connectivity index (χ0n) is 9.06. The third-order valence-electron chi connectivity index (χ3n) is 1.82. The molecule has 2 heterocycles. The average molecular weight is 240 g/mol. The summed E-state index contributed by atoms with van der Waals surface area (Å²) in [6.45, 7) is 2.89. The van der Waals surface area contributed by atoms with Crippen LogP contribution >= 0.6 is 11.3 Å². The van der Waals surface area contributed by atoms with Crippen molar-refractivity contribution < 1.29 is 9.26 Å². The highest BCUT2D eigenvalue weighted by Gasteiger charge is 2.04. The van der Waals surface area contributed by atoms with Crippen LogP contribution in [0.5, 0.6) is 0 Å². The smallest absolute Gasteiger partial charge is 0.321 e. The van der Waals surface area contributed by atoms with E-state index in [0.29, 0.717) is 25.0 Å². The predicted octanol–water partition coefficient (Wildman–Crippen LogP) is 1.59. The molecule has 16 heavy (non-hydrogen) atoms. The lowest BCUT2D eigenvalue weighted by Gasteiger charge is -1.96. The Hall–Kier alpha value is -1.47. The van der Waals surface area contributed by atoms with Crippen molar-refractivity contribution in [2.75, 3.05) is 12.4 Å². The number of methoxy groups -OCH3 is 1. The Balaban J connectivity index is 1.89. The molecule has 2 rings (SSSR count). The van der Waals surface area contributed by atoms with Crippen LogP contribution < -0.4 is 5.32 Å². The molecular formula is C9H12N4O2S. The first-order chi connectivity index (χ1) is 7.78. The van der Waals surface area contributed by atoms with Crippen LogP contribution in [0.25, 0.3) is 0 Å². The fraction of sp³-hybridized carbons (Fsp3) is 0.444. The van der Waals surface area contributed by atoms with E-state index in [2.05, 4.69) is 20.4 Å². The molecule has 0 aliphatic rings. The minimum atomic E-state index is 0.416. The van der Waals surface area contributed by atoms with Gasteiger partial charge >= 0.3 is 6.01 Å². The maximum atomic E-state index is 4.99. The normalized spacial score (nSPS) is 10.6. The van der Waals surface area contributed by atoms with E-state index < -0.39 is 0 Å². The fourth-order valence-electron chi connectivity index (χ4n) is 1.15. The number of hydrogen-bond donors (Lipinski definition) is 1. The molecule has 0 aliphatic carbocycles. The van der Waals surface area contributed by atoms with Crippen molar-refractivity contribution in [3.05, 3.63) is 21.9 Å². The number of anilines is 1. The lowest BCUT2D eigenvalue weighted by Crippen LogP contribution is -2.00. The van der Waals surface area contributed by atoms with Gasteiger partial charge in [0.05, 0.1) is 18.8 Å². The minimum absolute atomic E-state index is 0.416. The summed E-state index contributed by atoms with van der Waals surface area (Å²) >= 11 is 1.57. The molecule has 0 saturated heterocycles. The van der Waals surface area contributed by atoms with Gasteiger partial charge in [-0.25, -0.2) is 4.98 Å². The molecular weight excluding hydrogens is 228 g/mol. The van der Waals surface area contributed by atoms with E-state index in [1.807, 2.05) is 5.38 Å². The Kier molecular flexibility index (Phi) is 3.47. The number of aryl methyl sites for hydroxylation is 1. The summed E-state index contributed by atoms with van der Waals surface area (Å²) in [5.41, 5.74) is 0.938. The maximum Gasteiger partial charge on any atom is 0.321 e. The second-order valence-corrected chi connectivity index (χ2v) is 4.11. The quantitative estimate of drug-likeness (QED) is 0.855. The number of rotatable bonds is 5. The Morgan fingerprint density at radius 3 is 3.06 bits per heavy atom. The van der Waals surface area contributed by atoms with Crippen molar-refractivity contribution in [3.63, 3.8) is 0 Å². The Bertz CT molecular complexity index is 454. The highest BCUT2D eigenvalue weighted by Crippen LogP contribution is 2.12. The fourth-order valence-corrected chi connectivity index (χ4v) is 1.92. The zero-order valence-corrected chi connectivity index (χ0v) is 9.87. The topological polar surface area (TPSA) is 73.1 Å². The summed E-state index contributed by atoms with van der Waals surface area (Å²) < 4.78 is 9.91. The van der Waals surface area contributed by atoms with E-state index in [1.165, 1.54) is 0 Å². The molecule has 0 amide bonds. The molecule has 7 heteroatoms. The number of nitrogens with one attached hydrogen (secondary N) is 1. The summed E-state index contributed by atoms with van der Waals surface area (Å²) in [5.74, 6) is 0.612. The van der Waals surface area contributed by atoms with Crippen LogP contribution in [0.1, 0.15) is 16.5 Å². The highest BCUT2D eigenvalue weighted by molar-refractivity contribution is 7.09. The number of nitrogens with zero attached hydrogens (tertiary/aromatic N) is 3. The van der Waals surface area contributed by atoms with E-state index >= 15 is 0 Å². The van der Waals surface area contributed by atoms with Gasteiger partial charge in [-0.2, -0.15) is 4.98 Å². The third-order valence-corrected chi connectivity index (χ3v) is 2.69. The lowest BCUT2D eigenvalue weighted by atomic mass is 10.5. The molecule has 0 aliphatic heterocycles. The first kappa shape index (κ1) is 11.0. The summed E-state index contributed by atoms with van der Waals surface area (Å²) in [5, 5.41) is 9.61. The van der Waals surface area contributed by atoms with Crippen LogP contribution in [0.15, 0.2) is 9.90 Å². The summed E-state index contributed by atoms with van der Waals surface area (Å²) in [4.78, 5) is 8.39. The molecule has 2 aromatic rings. The molecule has 0 aromatic carbocycles. The monoisotopic (exact) mass is 240 g/mol. The van der Waals surface area contributed by atoms with E-state index in [9.17, 15) is 0 Å². The van der Waals surface area contributed by atoms with Crippen LogP contribution in [-0.2, 0) is 17.9 Å². The number of aromatic nitrogens is 3. The SMILES string of the molecule is COCc1nc(CNc2nc(C)no2)cs1. The van der Waals surface area contributed by atoms with Gasteiger partial charge in [0.1, 0.15) is 5.01 Å². The second kappa shape index (κ2) is 5.04. The number of ether oxygens (including phenoxy) is 1. The molecule has 0 bridgehead atoms. The van der Waals surface area contributed by atoms with Crippen LogP contribution in [-0.4, -0.2) is 22.2 Å². The Morgan fingerprint density at radius 1 is 1.50 bits per heavy atom. The van der Waals surface area contributed by atoms with Gasteiger partial charge in [0.2, 0.25) is 0 Å². The van der Waals surface area contributed by atoms with E-state index in [0.717, 1.165) is 10.7 Å². The van der Waals surface area contributed by atoms with Crippen LogP contribution in [0.4, 0.5) is 6.01 Å². The Morgan fingerprint density at radius 2 is 2.38 bits per heavy atom. The second-order valence-electron chi connectivity index (χ2n) is 3.17. The molecule has 0 radical (unpaired) electrons. The predicted molar refractivity (Wildman–Crippen MR) is 59.2 cm³/mol. The van der Waals surface area contributed by atoms with Gasteiger partial charge in [-0.3, -0.25) is 0 Å². The van der Waals surface area contributed by atoms with Gasteiger partial charge in [-0.05, 0) is 6.92 Å². The molecule has 0 fully saturated rings. The zero-order chi connectivity index (χ0) is 11.4. The first-order valence-corrected chi connectivity index (χ1v) is 5.62. The summed E-state index contributed by atoms with van der Waals surface area (Å²) in [6, 6.07) is 0.416. The van der Waals surface area contributed by atoms with Gasteiger partial charge in [-0.1, -0.05) is 5.16 Å². The average Bonchev–Trinajstić information content (AvgIpc) is 2.85. The van der Waals surface area contributed by atoms with Gasteiger partial charge in [-0.15, -0.1) is 11.3 Å². The third kappa shape index (κ3) is 2.77. The maximum absolute atomic E-state index is 4.99. The van der Waals surface area contributed by atoms with Crippen LogP contribution in [0, 0.1) is 6.92 Å². The van der Waals surface area contributed by atoms with Crippen LogP contribution in [0.2, 0.25) is 0 Å². The van der Waals surface area contributed by atoms with Crippen LogP contribution in [0.3, 0.4) is 0 Å². The Labute approximate surface area is 96.7 Å². The molecule has 6 nitrogen and oxygen atoms in total. The van der Waals surface area contributed by atoms with Gasteiger partial charge < -0.3 is 14.6 Å². The molecule has 86 valence electrons. The van der Waals surface area contributed by atoms with Crippen molar-refractivity contribution in [1.82, 2.24) is 15.1 Å². The van der Waals surface area contributed by atoms with E-state index in [-0.39, 0.29) is 0 Å². The molecule has 0 unspecified atom stereocenters. The number of thiazole rings is 1.